The SMILES string of the molecule is COCCN(CC1(CO)CCCOC1)C(C)C. The van der Waals surface area contributed by atoms with Crippen molar-refractivity contribution in [2.24, 2.45) is 5.41 Å². The summed E-state index contributed by atoms with van der Waals surface area (Å²) in [6.07, 6.45) is 2.11. The number of nitrogens with zero attached hydrogens (tertiary/aromatic N) is 1. The quantitative estimate of drug-likeness (QED) is 0.730. The standard InChI is InChI=1S/C13H27NO3/c1-12(2)14(6-8-16-3)9-13(10-15)5-4-7-17-11-13/h12,15H,4-11H2,1-3H3. The van der Waals surface area contributed by atoms with Crippen LogP contribution in [0, 0.1) is 5.41 Å². The Balaban J connectivity index is 2.55. The first-order valence-corrected chi connectivity index (χ1v) is 6.55. The van der Waals surface area contributed by atoms with Gasteiger partial charge >= 0.3 is 0 Å². The topological polar surface area (TPSA) is 41.9 Å². The zero-order valence-electron chi connectivity index (χ0n) is 11.4. The Morgan fingerprint density at radius 2 is 2.24 bits per heavy atom. The summed E-state index contributed by atoms with van der Waals surface area (Å²) in [5, 5.41) is 9.66. The van der Waals surface area contributed by atoms with Crippen LogP contribution in [0.1, 0.15) is 26.7 Å². The normalized spacial score (nSPS) is 25.8. The van der Waals surface area contributed by atoms with Gasteiger partial charge in [-0.2, -0.15) is 0 Å². The second-order valence-corrected chi connectivity index (χ2v) is 5.37. The zero-order chi connectivity index (χ0) is 12.7. The lowest BCUT2D eigenvalue weighted by atomic mass is 9.82. The minimum absolute atomic E-state index is 0.0732. The maximum Gasteiger partial charge on any atom is 0.0589 e. The van der Waals surface area contributed by atoms with Crippen LogP contribution in [0.25, 0.3) is 0 Å². The van der Waals surface area contributed by atoms with Crippen molar-refractivity contribution < 1.29 is 14.6 Å². The summed E-state index contributed by atoms with van der Waals surface area (Å²) in [6.45, 7) is 8.64. The highest BCUT2D eigenvalue weighted by atomic mass is 16.5. The summed E-state index contributed by atoms with van der Waals surface area (Å²) < 4.78 is 10.7. The summed E-state index contributed by atoms with van der Waals surface area (Å²) in [5.74, 6) is 0. The fourth-order valence-corrected chi connectivity index (χ4v) is 2.37. The second-order valence-electron chi connectivity index (χ2n) is 5.37. The maximum absolute atomic E-state index is 9.66. The van der Waals surface area contributed by atoms with Crippen molar-refractivity contribution in [1.82, 2.24) is 4.90 Å². The molecule has 1 aliphatic rings. The van der Waals surface area contributed by atoms with Gasteiger partial charge in [0, 0.05) is 38.3 Å². The molecule has 0 bridgehead atoms. The molecule has 17 heavy (non-hydrogen) atoms. The molecule has 0 amide bonds. The molecular formula is C13H27NO3. The van der Waals surface area contributed by atoms with Crippen LogP contribution in [0.15, 0.2) is 0 Å². The van der Waals surface area contributed by atoms with Gasteiger partial charge in [-0.15, -0.1) is 0 Å². The molecule has 0 spiro atoms. The molecule has 1 N–H and O–H groups in total. The van der Waals surface area contributed by atoms with E-state index in [0.717, 1.165) is 39.1 Å². The predicted molar refractivity (Wildman–Crippen MR) is 68.2 cm³/mol. The summed E-state index contributed by atoms with van der Waals surface area (Å²) in [5.41, 5.74) is -0.0732. The lowest BCUT2D eigenvalue weighted by Gasteiger charge is -2.41. The molecule has 1 fully saturated rings. The van der Waals surface area contributed by atoms with Gasteiger partial charge in [0.15, 0.2) is 0 Å². The molecule has 4 nitrogen and oxygen atoms in total. The summed E-state index contributed by atoms with van der Waals surface area (Å²) in [6, 6.07) is 0.468. The molecule has 102 valence electrons. The lowest BCUT2D eigenvalue weighted by Crippen LogP contribution is -2.48. The van der Waals surface area contributed by atoms with E-state index in [2.05, 4.69) is 18.7 Å². The summed E-state index contributed by atoms with van der Waals surface area (Å²) in [7, 11) is 1.73. The van der Waals surface area contributed by atoms with E-state index in [-0.39, 0.29) is 12.0 Å². The number of methoxy groups -OCH3 is 1. The Hall–Kier alpha value is -0.160. The predicted octanol–water partition coefficient (Wildman–Crippen LogP) is 1.13. The third-order valence-corrected chi connectivity index (χ3v) is 3.59. The first kappa shape index (κ1) is 14.9. The van der Waals surface area contributed by atoms with Gasteiger partial charge in [-0.1, -0.05) is 0 Å². The van der Waals surface area contributed by atoms with Crippen molar-refractivity contribution in [2.75, 3.05) is 46.6 Å². The third-order valence-electron chi connectivity index (χ3n) is 3.59. The molecule has 0 aromatic heterocycles. The Kier molecular flexibility index (Phi) is 6.41. The average molecular weight is 245 g/mol. The average Bonchev–Trinajstić information content (AvgIpc) is 2.35. The first-order valence-electron chi connectivity index (χ1n) is 6.55. The monoisotopic (exact) mass is 245 g/mol. The van der Waals surface area contributed by atoms with Gasteiger partial charge < -0.3 is 14.6 Å². The van der Waals surface area contributed by atoms with Crippen molar-refractivity contribution in [1.29, 1.82) is 0 Å². The van der Waals surface area contributed by atoms with E-state index in [1.54, 1.807) is 7.11 Å². The Morgan fingerprint density at radius 3 is 2.71 bits per heavy atom. The van der Waals surface area contributed by atoms with Crippen LogP contribution in [0.2, 0.25) is 0 Å². The zero-order valence-corrected chi connectivity index (χ0v) is 11.4. The van der Waals surface area contributed by atoms with Crippen molar-refractivity contribution in [3.05, 3.63) is 0 Å². The van der Waals surface area contributed by atoms with Gasteiger partial charge in [-0.05, 0) is 26.7 Å². The maximum atomic E-state index is 9.66. The number of hydrogen-bond donors (Lipinski definition) is 1. The van der Waals surface area contributed by atoms with Crippen molar-refractivity contribution >= 4 is 0 Å². The number of hydrogen-bond acceptors (Lipinski definition) is 4. The second kappa shape index (κ2) is 7.31. The molecule has 1 saturated heterocycles. The molecule has 0 aromatic rings. The molecule has 0 radical (unpaired) electrons. The minimum Gasteiger partial charge on any atom is -0.396 e. The highest BCUT2D eigenvalue weighted by Gasteiger charge is 2.34. The number of aliphatic hydroxyl groups excluding tert-OH is 1. The molecule has 1 atom stereocenters. The summed E-state index contributed by atoms with van der Waals surface area (Å²) >= 11 is 0. The van der Waals surface area contributed by atoms with E-state index in [4.69, 9.17) is 9.47 Å². The Bertz CT molecular complexity index is 203. The van der Waals surface area contributed by atoms with E-state index in [1.165, 1.54) is 0 Å². The van der Waals surface area contributed by atoms with Crippen LogP contribution in [-0.2, 0) is 9.47 Å². The number of rotatable bonds is 7. The Morgan fingerprint density at radius 1 is 1.47 bits per heavy atom. The Labute approximate surface area is 105 Å². The van der Waals surface area contributed by atoms with Gasteiger partial charge in [0.2, 0.25) is 0 Å². The van der Waals surface area contributed by atoms with Gasteiger partial charge in [-0.3, -0.25) is 4.90 Å². The highest BCUT2D eigenvalue weighted by Crippen LogP contribution is 2.29. The van der Waals surface area contributed by atoms with E-state index in [1.807, 2.05) is 0 Å². The van der Waals surface area contributed by atoms with Gasteiger partial charge in [-0.25, -0.2) is 0 Å². The fourth-order valence-electron chi connectivity index (χ4n) is 2.37. The minimum atomic E-state index is -0.0732. The molecule has 0 aromatic carbocycles. The van der Waals surface area contributed by atoms with Gasteiger partial charge in [0.25, 0.3) is 0 Å². The largest absolute Gasteiger partial charge is 0.396 e. The lowest BCUT2D eigenvalue weighted by molar-refractivity contribution is -0.0614. The number of aliphatic hydroxyl groups is 1. The first-order chi connectivity index (χ1) is 8.13. The molecule has 1 unspecified atom stereocenters. The smallest absolute Gasteiger partial charge is 0.0589 e. The molecular weight excluding hydrogens is 218 g/mol. The van der Waals surface area contributed by atoms with E-state index in [0.29, 0.717) is 12.6 Å². The fraction of sp³-hybridized carbons (Fsp3) is 1.00. The van der Waals surface area contributed by atoms with Crippen molar-refractivity contribution in [3.63, 3.8) is 0 Å². The number of ether oxygens (including phenoxy) is 2. The molecule has 0 saturated carbocycles. The van der Waals surface area contributed by atoms with Crippen molar-refractivity contribution in [2.45, 2.75) is 32.7 Å². The van der Waals surface area contributed by atoms with Crippen LogP contribution in [0.4, 0.5) is 0 Å². The third kappa shape index (κ3) is 4.54. The molecule has 1 aliphatic heterocycles. The van der Waals surface area contributed by atoms with E-state index < -0.39 is 0 Å². The van der Waals surface area contributed by atoms with E-state index >= 15 is 0 Å². The summed E-state index contributed by atoms with van der Waals surface area (Å²) in [4.78, 5) is 2.37. The van der Waals surface area contributed by atoms with Crippen LogP contribution in [-0.4, -0.2) is 62.7 Å². The van der Waals surface area contributed by atoms with Crippen molar-refractivity contribution in [3.8, 4) is 0 Å². The van der Waals surface area contributed by atoms with Crippen LogP contribution >= 0.6 is 0 Å². The molecule has 1 heterocycles. The van der Waals surface area contributed by atoms with Crippen LogP contribution in [0.5, 0.6) is 0 Å². The van der Waals surface area contributed by atoms with Gasteiger partial charge in [0.1, 0.15) is 0 Å². The molecule has 1 rings (SSSR count). The highest BCUT2D eigenvalue weighted by molar-refractivity contribution is 4.85. The molecule has 0 aliphatic carbocycles. The van der Waals surface area contributed by atoms with Crippen LogP contribution in [0.3, 0.4) is 0 Å². The van der Waals surface area contributed by atoms with E-state index in [9.17, 15) is 5.11 Å². The molecule has 4 heteroatoms. The van der Waals surface area contributed by atoms with Crippen LogP contribution < -0.4 is 0 Å². The van der Waals surface area contributed by atoms with Gasteiger partial charge in [0.05, 0.1) is 19.8 Å².